The molecule has 0 aliphatic carbocycles. The molecule has 2 amide bonds. The number of aromatic nitrogens is 3. The van der Waals surface area contributed by atoms with Gasteiger partial charge >= 0.3 is 6.03 Å². The lowest BCUT2D eigenvalue weighted by Gasteiger charge is -2.11. The standard InChI is InChI=1S/C15H17N5O2S/c1-9-12-5-11(6-16-14(12)20(2)19-9)18-15(22)17-7-13(21)10-3-4-23-8-10/h3-6,8,13,21H,7H2,1-2H3,(H2,17,18,22). The summed E-state index contributed by atoms with van der Waals surface area (Å²) < 4.78 is 1.70. The number of amides is 2. The van der Waals surface area contributed by atoms with Gasteiger partial charge in [0.25, 0.3) is 0 Å². The van der Waals surface area contributed by atoms with Gasteiger partial charge in [-0.15, -0.1) is 0 Å². The van der Waals surface area contributed by atoms with Crippen LogP contribution in [-0.4, -0.2) is 32.4 Å². The SMILES string of the molecule is Cc1nn(C)c2ncc(NC(=O)NCC(O)c3ccsc3)cc12. The van der Waals surface area contributed by atoms with E-state index in [1.807, 2.05) is 36.9 Å². The molecule has 1 unspecified atom stereocenters. The summed E-state index contributed by atoms with van der Waals surface area (Å²) in [6.45, 7) is 2.04. The van der Waals surface area contributed by atoms with Gasteiger partial charge in [-0.25, -0.2) is 9.78 Å². The van der Waals surface area contributed by atoms with Gasteiger partial charge in [0.15, 0.2) is 5.65 Å². The number of aryl methyl sites for hydroxylation is 2. The van der Waals surface area contributed by atoms with E-state index in [1.54, 1.807) is 10.9 Å². The van der Waals surface area contributed by atoms with Crippen molar-refractivity contribution in [3.63, 3.8) is 0 Å². The molecule has 3 rings (SSSR count). The summed E-state index contributed by atoms with van der Waals surface area (Å²) in [4.78, 5) is 16.2. The molecule has 3 aromatic rings. The molecule has 1 atom stereocenters. The molecule has 23 heavy (non-hydrogen) atoms. The molecule has 0 spiro atoms. The van der Waals surface area contributed by atoms with E-state index in [1.165, 1.54) is 11.3 Å². The van der Waals surface area contributed by atoms with Gasteiger partial charge in [0, 0.05) is 19.0 Å². The van der Waals surface area contributed by atoms with Crippen molar-refractivity contribution in [2.75, 3.05) is 11.9 Å². The predicted octanol–water partition coefficient (Wildman–Crippen LogP) is 2.19. The van der Waals surface area contributed by atoms with E-state index in [0.29, 0.717) is 5.69 Å². The Balaban J connectivity index is 1.62. The molecule has 0 radical (unpaired) electrons. The summed E-state index contributed by atoms with van der Waals surface area (Å²) >= 11 is 1.50. The number of thiophene rings is 1. The number of carbonyl (C=O) groups excluding carboxylic acids is 1. The fraction of sp³-hybridized carbons (Fsp3) is 0.267. The van der Waals surface area contributed by atoms with Gasteiger partial charge in [-0.1, -0.05) is 0 Å². The number of carbonyl (C=O) groups is 1. The zero-order valence-corrected chi connectivity index (χ0v) is 13.6. The highest BCUT2D eigenvalue weighted by Crippen LogP contribution is 2.19. The minimum absolute atomic E-state index is 0.143. The number of hydrogen-bond acceptors (Lipinski definition) is 5. The second-order valence-electron chi connectivity index (χ2n) is 5.21. The van der Waals surface area contributed by atoms with Crippen LogP contribution in [0.1, 0.15) is 17.4 Å². The Morgan fingerprint density at radius 1 is 1.52 bits per heavy atom. The Morgan fingerprint density at radius 2 is 2.35 bits per heavy atom. The minimum atomic E-state index is -0.715. The van der Waals surface area contributed by atoms with Crippen LogP contribution < -0.4 is 10.6 Å². The topological polar surface area (TPSA) is 92.1 Å². The molecule has 120 valence electrons. The fourth-order valence-corrected chi connectivity index (χ4v) is 3.03. The summed E-state index contributed by atoms with van der Waals surface area (Å²) in [5, 5.41) is 24.2. The second-order valence-corrected chi connectivity index (χ2v) is 5.99. The number of nitrogens with one attached hydrogen (secondary N) is 2. The highest BCUT2D eigenvalue weighted by Gasteiger charge is 2.11. The summed E-state index contributed by atoms with van der Waals surface area (Å²) in [6.07, 6.45) is 0.867. The average Bonchev–Trinajstić information content (AvgIpc) is 3.14. The predicted molar refractivity (Wildman–Crippen MR) is 89.5 cm³/mol. The molecule has 0 aliphatic heterocycles. The monoisotopic (exact) mass is 331 g/mol. The maximum absolute atomic E-state index is 11.9. The van der Waals surface area contributed by atoms with Crippen molar-refractivity contribution in [3.05, 3.63) is 40.3 Å². The number of fused-ring (bicyclic) bond motifs is 1. The molecule has 3 N–H and O–H groups in total. The first kappa shape index (κ1) is 15.4. The molecule has 0 aliphatic rings. The molecule has 0 saturated heterocycles. The molecular weight excluding hydrogens is 314 g/mol. The lowest BCUT2D eigenvalue weighted by atomic mass is 10.2. The van der Waals surface area contributed by atoms with Gasteiger partial charge in [-0.2, -0.15) is 16.4 Å². The van der Waals surface area contributed by atoms with E-state index < -0.39 is 6.10 Å². The van der Waals surface area contributed by atoms with Crippen LogP contribution in [0.5, 0.6) is 0 Å². The van der Waals surface area contributed by atoms with E-state index >= 15 is 0 Å². The molecule has 8 heteroatoms. The van der Waals surface area contributed by atoms with Crippen LogP contribution in [0, 0.1) is 6.92 Å². The fourth-order valence-electron chi connectivity index (χ4n) is 2.32. The van der Waals surface area contributed by atoms with E-state index in [9.17, 15) is 9.90 Å². The zero-order valence-electron chi connectivity index (χ0n) is 12.8. The van der Waals surface area contributed by atoms with Crippen molar-refractivity contribution in [3.8, 4) is 0 Å². The first-order chi connectivity index (χ1) is 11.0. The first-order valence-electron chi connectivity index (χ1n) is 7.09. The number of rotatable bonds is 4. The number of pyridine rings is 1. The van der Waals surface area contributed by atoms with Crippen molar-refractivity contribution in [2.24, 2.45) is 7.05 Å². The molecule has 0 saturated carbocycles. The molecule has 3 aromatic heterocycles. The largest absolute Gasteiger partial charge is 0.387 e. The zero-order chi connectivity index (χ0) is 16.4. The Morgan fingerprint density at radius 3 is 3.09 bits per heavy atom. The lowest BCUT2D eigenvalue weighted by Crippen LogP contribution is -2.32. The van der Waals surface area contributed by atoms with Crippen LogP contribution in [0.3, 0.4) is 0 Å². The van der Waals surface area contributed by atoms with Crippen LogP contribution in [0.4, 0.5) is 10.5 Å². The third-order valence-corrected chi connectivity index (χ3v) is 4.21. The summed E-state index contributed by atoms with van der Waals surface area (Å²) in [5.41, 5.74) is 2.99. The van der Waals surface area contributed by atoms with Crippen molar-refractivity contribution < 1.29 is 9.90 Å². The molecule has 0 bridgehead atoms. The van der Waals surface area contributed by atoms with E-state index in [2.05, 4.69) is 20.7 Å². The summed E-state index contributed by atoms with van der Waals surface area (Å²) in [6, 6.07) is 3.28. The molecule has 0 aromatic carbocycles. The van der Waals surface area contributed by atoms with E-state index in [0.717, 1.165) is 22.3 Å². The number of urea groups is 1. The van der Waals surface area contributed by atoms with Gasteiger partial charge in [0.2, 0.25) is 0 Å². The highest BCUT2D eigenvalue weighted by molar-refractivity contribution is 7.07. The van der Waals surface area contributed by atoms with Crippen LogP contribution in [0.2, 0.25) is 0 Å². The summed E-state index contributed by atoms with van der Waals surface area (Å²) in [7, 11) is 1.83. The Hall–Kier alpha value is -2.45. The van der Waals surface area contributed by atoms with Crippen LogP contribution in [0.15, 0.2) is 29.1 Å². The van der Waals surface area contributed by atoms with Gasteiger partial charge < -0.3 is 15.7 Å². The second kappa shape index (κ2) is 6.35. The smallest absolute Gasteiger partial charge is 0.319 e. The van der Waals surface area contributed by atoms with E-state index in [4.69, 9.17) is 0 Å². The Kier molecular flexibility index (Phi) is 4.26. The number of nitrogens with zero attached hydrogens (tertiary/aromatic N) is 3. The van der Waals surface area contributed by atoms with Gasteiger partial charge in [-0.05, 0) is 35.4 Å². The van der Waals surface area contributed by atoms with Crippen molar-refractivity contribution in [2.45, 2.75) is 13.0 Å². The Bertz CT molecular complexity index is 828. The quantitative estimate of drug-likeness (QED) is 0.683. The van der Waals surface area contributed by atoms with Crippen LogP contribution in [0.25, 0.3) is 11.0 Å². The number of aliphatic hydroxyl groups is 1. The van der Waals surface area contributed by atoms with Crippen LogP contribution in [-0.2, 0) is 7.05 Å². The third kappa shape index (κ3) is 3.33. The Labute approximate surface area is 137 Å². The average molecular weight is 331 g/mol. The maximum Gasteiger partial charge on any atom is 0.319 e. The number of aliphatic hydroxyl groups excluding tert-OH is 1. The third-order valence-electron chi connectivity index (χ3n) is 3.50. The molecule has 7 nitrogen and oxygen atoms in total. The van der Waals surface area contributed by atoms with Crippen molar-refractivity contribution in [1.82, 2.24) is 20.1 Å². The van der Waals surface area contributed by atoms with Gasteiger partial charge in [0.1, 0.15) is 0 Å². The van der Waals surface area contributed by atoms with E-state index in [-0.39, 0.29) is 12.6 Å². The number of hydrogen-bond donors (Lipinski definition) is 3. The first-order valence-corrected chi connectivity index (χ1v) is 8.03. The molecular formula is C15H17N5O2S. The minimum Gasteiger partial charge on any atom is -0.387 e. The van der Waals surface area contributed by atoms with Gasteiger partial charge in [-0.3, -0.25) is 4.68 Å². The molecule has 0 fully saturated rings. The van der Waals surface area contributed by atoms with Crippen molar-refractivity contribution >= 4 is 34.1 Å². The highest BCUT2D eigenvalue weighted by atomic mass is 32.1. The van der Waals surface area contributed by atoms with Crippen LogP contribution >= 0.6 is 11.3 Å². The van der Waals surface area contributed by atoms with Crippen molar-refractivity contribution in [1.29, 1.82) is 0 Å². The molecule has 3 heterocycles. The lowest BCUT2D eigenvalue weighted by molar-refractivity contribution is 0.175. The normalized spacial score (nSPS) is 12.3. The van der Waals surface area contributed by atoms with Gasteiger partial charge in [0.05, 0.1) is 23.7 Å². The number of anilines is 1. The summed E-state index contributed by atoms with van der Waals surface area (Å²) in [5.74, 6) is 0. The maximum atomic E-state index is 11.9.